The second-order valence-electron chi connectivity index (χ2n) is 3.09. The van der Waals surface area contributed by atoms with Crippen LogP contribution in [0.1, 0.15) is 19.3 Å². The van der Waals surface area contributed by atoms with Gasteiger partial charge in [0.2, 0.25) is 0 Å². The first-order valence-corrected chi connectivity index (χ1v) is 3.54. The summed E-state index contributed by atoms with van der Waals surface area (Å²) in [6, 6.07) is 3.70. The van der Waals surface area contributed by atoms with Crippen LogP contribution in [0.25, 0.3) is 0 Å². The average Bonchev–Trinajstić information content (AvgIpc) is 1.87. The summed E-state index contributed by atoms with van der Waals surface area (Å²) in [7, 11) is 0. The maximum atomic E-state index is 8.55. The highest BCUT2D eigenvalue weighted by molar-refractivity contribution is 5.02. The predicted octanol–water partition coefficient (Wildman–Crippen LogP) is 0.650. The van der Waals surface area contributed by atoms with Crippen LogP contribution in [0.2, 0.25) is 0 Å². The quantitative estimate of drug-likeness (QED) is 0.512. The van der Waals surface area contributed by atoms with Gasteiger partial charge in [0.1, 0.15) is 0 Å². The fourth-order valence-corrected chi connectivity index (χ4v) is 1.87. The summed E-state index contributed by atoms with van der Waals surface area (Å²) >= 11 is 0. The highest BCUT2D eigenvalue weighted by Crippen LogP contribution is 2.31. The van der Waals surface area contributed by atoms with Crippen LogP contribution in [0, 0.1) is 17.2 Å². The van der Waals surface area contributed by atoms with Gasteiger partial charge < -0.3 is 5.32 Å². The van der Waals surface area contributed by atoms with Crippen LogP contribution in [0.5, 0.6) is 0 Å². The van der Waals surface area contributed by atoms with Gasteiger partial charge in [-0.25, -0.2) is 0 Å². The lowest BCUT2D eigenvalue weighted by Gasteiger charge is -2.44. The Labute approximate surface area is 54.9 Å². The van der Waals surface area contributed by atoms with Crippen LogP contribution < -0.4 is 5.32 Å². The van der Waals surface area contributed by atoms with Crippen molar-refractivity contribution in [3.05, 3.63) is 0 Å². The SMILES string of the molecule is N#CC1C[C@@H]2C[C@H](C1)N2. The molecular weight excluding hydrogens is 112 g/mol. The summed E-state index contributed by atoms with van der Waals surface area (Å²) in [6.07, 6.45) is 3.50. The highest BCUT2D eigenvalue weighted by Gasteiger charge is 2.37. The van der Waals surface area contributed by atoms with Crippen LogP contribution in [-0.2, 0) is 0 Å². The van der Waals surface area contributed by atoms with Crippen LogP contribution in [0.3, 0.4) is 0 Å². The van der Waals surface area contributed by atoms with Crippen molar-refractivity contribution in [3.63, 3.8) is 0 Å². The monoisotopic (exact) mass is 122 g/mol. The fraction of sp³-hybridized carbons (Fsp3) is 0.857. The van der Waals surface area contributed by atoms with E-state index in [1.54, 1.807) is 0 Å². The predicted molar refractivity (Wildman–Crippen MR) is 33.7 cm³/mol. The van der Waals surface area contributed by atoms with Crippen LogP contribution >= 0.6 is 0 Å². The molecule has 3 fully saturated rings. The largest absolute Gasteiger partial charge is 0.311 e. The molecule has 2 heterocycles. The maximum Gasteiger partial charge on any atom is 0.0657 e. The Morgan fingerprint density at radius 3 is 2.11 bits per heavy atom. The topological polar surface area (TPSA) is 35.8 Å². The van der Waals surface area contributed by atoms with Gasteiger partial charge in [-0.2, -0.15) is 5.26 Å². The number of fused-ring (bicyclic) bond motifs is 2. The molecule has 0 spiro atoms. The molecule has 2 bridgehead atoms. The van der Waals surface area contributed by atoms with E-state index in [1.165, 1.54) is 6.42 Å². The summed E-state index contributed by atoms with van der Waals surface area (Å²) in [5.74, 6) is 0.356. The number of nitrogens with one attached hydrogen (secondary N) is 1. The van der Waals surface area contributed by atoms with E-state index in [1.807, 2.05) is 0 Å². The average molecular weight is 122 g/mol. The van der Waals surface area contributed by atoms with Gasteiger partial charge in [0.25, 0.3) is 0 Å². The summed E-state index contributed by atoms with van der Waals surface area (Å²) < 4.78 is 0. The molecule has 0 amide bonds. The lowest BCUT2D eigenvalue weighted by molar-refractivity contribution is 0.153. The molecule has 1 unspecified atom stereocenters. The van der Waals surface area contributed by atoms with Gasteiger partial charge in [-0.1, -0.05) is 0 Å². The van der Waals surface area contributed by atoms with E-state index in [2.05, 4.69) is 11.4 Å². The molecule has 9 heavy (non-hydrogen) atoms. The summed E-state index contributed by atoms with van der Waals surface area (Å²) in [5.41, 5.74) is 0. The molecule has 3 atom stereocenters. The second-order valence-corrected chi connectivity index (χ2v) is 3.09. The van der Waals surface area contributed by atoms with Gasteiger partial charge in [0.15, 0.2) is 0 Å². The molecule has 48 valence electrons. The Hall–Kier alpha value is -0.550. The van der Waals surface area contributed by atoms with E-state index >= 15 is 0 Å². The van der Waals surface area contributed by atoms with Crippen molar-refractivity contribution in [2.45, 2.75) is 31.3 Å². The zero-order chi connectivity index (χ0) is 6.27. The molecule has 1 N–H and O–H groups in total. The van der Waals surface area contributed by atoms with Crippen LogP contribution in [0.15, 0.2) is 0 Å². The number of piperidine rings is 1. The van der Waals surface area contributed by atoms with Crippen molar-refractivity contribution in [2.75, 3.05) is 0 Å². The smallest absolute Gasteiger partial charge is 0.0657 e. The van der Waals surface area contributed by atoms with Gasteiger partial charge in [0, 0.05) is 18.0 Å². The molecule has 3 aliphatic rings. The molecular formula is C7H10N2. The second kappa shape index (κ2) is 1.71. The van der Waals surface area contributed by atoms with Crippen molar-refractivity contribution in [2.24, 2.45) is 5.92 Å². The van der Waals surface area contributed by atoms with E-state index in [0.717, 1.165) is 12.8 Å². The molecule has 0 radical (unpaired) electrons. The maximum absolute atomic E-state index is 8.55. The molecule has 0 aromatic heterocycles. The third-order valence-electron chi connectivity index (χ3n) is 2.36. The zero-order valence-electron chi connectivity index (χ0n) is 5.30. The van der Waals surface area contributed by atoms with Crippen molar-refractivity contribution < 1.29 is 0 Å². The molecule has 2 heteroatoms. The van der Waals surface area contributed by atoms with E-state index < -0.39 is 0 Å². The van der Waals surface area contributed by atoms with E-state index in [0.29, 0.717) is 18.0 Å². The van der Waals surface area contributed by atoms with Crippen molar-refractivity contribution in [1.29, 1.82) is 5.26 Å². The van der Waals surface area contributed by atoms with Gasteiger partial charge in [-0.05, 0) is 19.3 Å². The Morgan fingerprint density at radius 1 is 1.22 bits per heavy atom. The number of nitrogens with zero attached hydrogens (tertiary/aromatic N) is 1. The fourth-order valence-electron chi connectivity index (χ4n) is 1.87. The minimum absolute atomic E-state index is 0.356. The zero-order valence-corrected chi connectivity index (χ0v) is 5.30. The number of hydrogen-bond acceptors (Lipinski definition) is 2. The normalized spacial score (nSPS) is 47.2. The van der Waals surface area contributed by atoms with E-state index in [9.17, 15) is 0 Å². The number of hydrogen-bond donors (Lipinski definition) is 1. The Kier molecular flexibility index (Phi) is 1.000. The van der Waals surface area contributed by atoms with E-state index in [4.69, 9.17) is 5.26 Å². The molecule has 3 rings (SSSR count). The van der Waals surface area contributed by atoms with Crippen LogP contribution in [0.4, 0.5) is 0 Å². The molecule has 1 saturated carbocycles. The standard InChI is InChI=1S/C7H10N2/c8-4-5-1-6-3-7(2-5)9-6/h5-7,9H,1-3H2/t5?,6-,7+. The molecule has 1 aliphatic carbocycles. The number of rotatable bonds is 0. The Bertz CT molecular complexity index is 143. The van der Waals surface area contributed by atoms with Crippen molar-refractivity contribution in [1.82, 2.24) is 5.32 Å². The third kappa shape index (κ3) is 0.727. The first kappa shape index (κ1) is 5.25. The minimum Gasteiger partial charge on any atom is -0.311 e. The third-order valence-corrected chi connectivity index (χ3v) is 2.36. The lowest BCUT2D eigenvalue weighted by Crippen LogP contribution is -2.57. The van der Waals surface area contributed by atoms with Crippen molar-refractivity contribution >= 4 is 0 Å². The van der Waals surface area contributed by atoms with Gasteiger partial charge in [0.05, 0.1) is 6.07 Å². The first-order chi connectivity index (χ1) is 4.38. The Balaban J connectivity index is 1.98. The Morgan fingerprint density at radius 2 is 1.78 bits per heavy atom. The molecule has 0 aromatic rings. The minimum atomic E-state index is 0.356. The molecule has 2 nitrogen and oxygen atoms in total. The summed E-state index contributed by atoms with van der Waals surface area (Å²) in [4.78, 5) is 0. The summed E-state index contributed by atoms with van der Waals surface area (Å²) in [5, 5.41) is 11.9. The van der Waals surface area contributed by atoms with Crippen molar-refractivity contribution in [3.8, 4) is 6.07 Å². The van der Waals surface area contributed by atoms with Crippen LogP contribution in [-0.4, -0.2) is 12.1 Å². The number of nitriles is 1. The summed E-state index contributed by atoms with van der Waals surface area (Å²) in [6.45, 7) is 0. The van der Waals surface area contributed by atoms with Gasteiger partial charge in [-0.15, -0.1) is 0 Å². The van der Waals surface area contributed by atoms with Gasteiger partial charge in [-0.3, -0.25) is 0 Å². The molecule has 2 saturated heterocycles. The lowest BCUT2D eigenvalue weighted by atomic mass is 9.76. The molecule has 2 aliphatic heterocycles. The molecule has 0 aromatic carbocycles. The highest BCUT2D eigenvalue weighted by atomic mass is 15.0. The van der Waals surface area contributed by atoms with E-state index in [-0.39, 0.29) is 0 Å². The van der Waals surface area contributed by atoms with Gasteiger partial charge >= 0.3 is 0 Å². The first-order valence-electron chi connectivity index (χ1n) is 3.54.